The number of aromatic nitrogens is 3. The highest BCUT2D eigenvalue weighted by atomic mass is 19.1. The highest BCUT2D eigenvalue weighted by Gasteiger charge is 2.09. The Balaban J connectivity index is 1.88. The van der Waals surface area contributed by atoms with Crippen LogP contribution in [0.25, 0.3) is 11.4 Å². The van der Waals surface area contributed by atoms with E-state index in [4.69, 9.17) is 5.26 Å². The number of nitrogens with one attached hydrogen (secondary N) is 1. The van der Waals surface area contributed by atoms with Gasteiger partial charge in [-0.3, -0.25) is 5.10 Å². The third-order valence-corrected chi connectivity index (χ3v) is 3.03. The molecule has 0 spiro atoms. The summed E-state index contributed by atoms with van der Waals surface area (Å²) in [6.45, 7) is 0. The number of nitrogens with zero attached hydrogens (tertiary/aromatic N) is 3. The maximum absolute atomic E-state index is 13.4. The summed E-state index contributed by atoms with van der Waals surface area (Å²) in [7, 11) is 0. The summed E-state index contributed by atoms with van der Waals surface area (Å²) in [5.74, 6) is 0.606. The molecule has 0 saturated heterocycles. The lowest BCUT2D eigenvalue weighted by Crippen LogP contribution is -1.90. The maximum Gasteiger partial charge on any atom is 0.181 e. The van der Waals surface area contributed by atoms with Gasteiger partial charge in [-0.1, -0.05) is 30.3 Å². The van der Waals surface area contributed by atoms with Crippen LogP contribution in [-0.4, -0.2) is 15.2 Å². The fourth-order valence-corrected chi connectivity index (χ4v) is 2.08. The van der Waals surface area contributed by atoms with E-state index in [1.807, 2.05) is 36.4 Å². The fraction of sp³-hybridized carbons (Fsp3) is 0.0625. The van der Waals surface area contributed by atoms with Crippen molar-refractivity contribution in [3.05, 3.63) is 71.3 Å². The molecule has 3 aromatic rings. The SMILES string of the molecule is N#Cc1cc(F)cc(-c2n[nH]c(Cc3ccccc3)n2)c1. The molecule has 102 valence electrons. The highest BCUT2D eigenvalue weighted by molar-refractivity contribution is 5.57. The standard InChI is InChI=1S/C16H11FN4/c17-14-7-12(10-18)6-13(9-14)16-19-15(20-21-16)8-11-4-2-1-3-5-11/h1-7,9H,8H2,(H,19,20,21). The lowest BCUT2D eigenvalue weighted by Gasteiger charge is -1.97. The maximum atomic E-state index is 13.4. The summed E-state index contributed by atoms with van der Waals surface area (Å²) in [4.78, 5) is 4.35. The van der Waals surface area contributed by atoms with Gasteiger partial charge in [-0.05, 0) is 23.8 Å². The van der Waals surface area contributed by atoms with Crippen LogP contribution in [0.1, 0.15) is 17.0 Å². The number of rotatable bonds is 3. The molecule has 0 radical (unpaired) electrons. The third-order valence-electron chi connectivity index (χ3n) is 3.03. The first-order chi connectivity index (χ1) is 10.2. The van der Waals surface area contributed by atoms with Crippen molar-refractivity contribution < 1.29 is 4.39 Å². The zero-order chi connectivity index (χ0) is 14.7. The second-order valence-electron chi connectivity index (χ2n) is 4.61. The van der Waals surface area contributed by atoms with Crippen LogP contribution in [0.5, 0.6) is 0 Å². The minimum atomic E-state index is -0.474. The monoisotopic (exact) mass is 278 g/mol. The summed E-state index contributed by atoms with van der Waals surface area (Å²) in [5, 5.41) is 15.8. The number of hydrogen-bond acceptors (Lipinski definition) is 3. The zero-order valence-corrected chi connectivity index (χ0v) is 11.0. The highest BCUT2D eigenvalue weighted by Crippen LogP contribution is 2.19. The molecule has 2 aromatic carbocycles. The van der Waals surface area contributed by atoms with Crippen molar-refractivity contribution in [1.29, 1.82) is 5.26 Å². The van der Waals surface area contributed by atoms with E-state index in [0.717, 1.165) is 5.56 Å². The molecule has 1 N–H and O–H groups in total. The molecule has 21 heavy (non-hydrogen) atoms. The van der Waals surface area contributed by atoms with Crippen molar-refractivity contribution in [2.75, 3.05) is 0 Å². The molecule has 1 heterocycles. The molecule has 0 fully saturated rings. The summed E-state index contributed by atoms with van der Waals surface area (Å²) in [6.07, 6.45) is 0.619. The van der Waals surface area contributed by atoms with Crippen LogP contribution in [0, 0.1) is 17.1 Å². The smallest absolute Gasteiger partial charge is 0.181 e. The summed E-state index contributed by atoms with van der Waals surface area (Å²) < 4.78 is 13.4. The minimum absolute atomic E-state index is 0.249. The van der Waals surface area contributed by atoms with Gasteiger partial charge < -0.3 is 0 Å². The number of aromatic amines is 1. The van der Waals surface area contributed by atoms with Crippen LogP contribution in [0.2, 0.25) is 0 Å². The molecule has 0 aliphatic heterocycles. The first-order valence-electron chi connectivity index (χ1n) is 6.41. The van der Waals surface area contributed by atoms with Crippen LogP contribution in [-0.2, 0) is 6.42 Å². The number of H-pyrrole nitrogens is 1. The van der Waals surface area contributed by atoms with Gasteiger partial charge in [0.1, 0.15) is 11.6 Å². The van der Waals surface area contributed by atoms with Gasteiger partial charge in [0.2, 0.25) is 0 Å². The molecule has 0 saturated carbocycles. The van der Waals surface area contributed by atoms with E-state index in [1.165, 1.54) is 12.1 Å². The third kappa shape index (κ3) is 2.95. The van der Waals surface area contributed by atoms with Crippen LogP contribution in [0.4, 0.5) is 4.39 Å². The molecule has 0 aliphatic rings. The van der Waals surface area contributed by atoms with Crippen molar-refractivity contribution in [3.8, 4) is 17.5 Å². The van der Waals surface area contributed by atoms with Crippen molar-refractivity contribution in [2.45, 2.75) is 6.42 Å². The second-order valence-corrected chi connectivity index (χ2v) is 4.61. The Hall–Kier alpha value is -3.00. The predicted octanol–water partition coefficient (Wildman–Crippen LogP) is 3.07. The van der Waals surface area contributed by atoms with Gasteiger partial charge in [0.05, 0.1) is 11.6 Å². The van der Waals surface area contributed by atoms with Gasteiger partial charge in [0, 0.05) is 12.0 Å². The topological polar surface area (TPSA) is 65.4 Å². The Bertz CT molecular complexity index is 803. The number of halogens is 1. The van der Waals surface area contributed by atoms with E-state index in [-0.39, 0.29) is 5.56 Å². The Labute approximate surface area is 120 Å². The van der Waals surface area contributed by atoms with Crippen molar-refractivity contribution in [2.24, 2.45) is 0 Å². The largest absolute Gasteiger partial charge is 0.262 e. The molecule has 0 atom stereocenters. The van der Waals surface area contributed by atoms with Crippen LogP contribution in [0.3, 0.4) is 0 Å². The zero-order valence-electron chi connectivity index (χ0n) is 11.0. The molecule has 0 aliphatic carbocycles. The van der Waals surface area contributed by atoms with E-state index >= 15 is 0 Å². The van der Waals surface area contributed by atoms with Crippen molar-refractivity contribution in [3.63, 3.8) is 0 Å². The van der Waals surface area contributed by atoms with Crippen LogP contribution in [0.15, 0.2) is 48.5 Å². The molecular formula is C16H11FN4. The summed E-state index contributed by atoms with van der Waals surface area (Å²) in [6, 6.07) is 15.8. The Morgan fingerprint density at radius 3 is 2.71 bits per heavy atom. The van der Waals surface area contributed by atoms with Crippen molar-refractivity contribution in [1.82, 2.24) is 15.2 Å². The minimum Gasteiger partial charge on any atom is -0.262 e. The second kappa shape index (κ2) is 5.55. The summed E-state index contributed by atoms with van der Waals surface area (Å²) in [5.41, 5.74) is 1.85. The van der Waals surface area contributed by atoms with Gasteiger partial charge >= 0.3 is 0 Å². The lowest BCUT2D eigenvalue weighted by atomic mass is 10.1. The normalized spacial score (nSPS) is 10.3. The van der Waals surface area contributed by atoms with E-state index in [0.29, 0.717) is 23.6 Å². The lowest BCUT2D eigenvalue weighted by molar-refractivity contribution is 0.627. The first-order valence-corrected chi connectivity index (χ1v) is 6.41. The molecule has 5 heteroatoms. The number of benzene rings is 2. The Morgan fingerprint density at radius 2 is 1.95 bits per heavy atom. The Kier molecular flexibility index (Phi) is 3.44. The molecule has 0 bridgehead atoms. The molecule has 3 rings (SSSR count). The van der Waals surface area contributed by atoms with Crippen LogP contribution >= 0.6 is 0 Å². The van der Waals surface area contributed by atoms with Gasteiger partial charge in [-0.2, -0.15) is 10.4 Å². The van der Waals surface area contributed by atoms with Gasteiger partial charge in [0.15, 0.2) is 5.82 Å². The first kappa shape index (κ1) is 13.0. The molecule has 1 aromatic heterocycles. The molecule has 0 unspecified atom stereocenters. The Morgan fingerprint density at radius 1 is 1.14 bits per heavy atom. The van der Waals surface area contributed by atoms with E-state index in [1.54, 1.807) is 6.07 Å². The van der Waals surface area contributed by atoms with Gasteiger partial charge in [-0.15, -0.1) is 0 Å². The summed E-state index contributed by atoms with van der Waals surface area (Å²) >= 11 is 0. The number of hydrogen-bond donors (Lipinski definition) is 1. The quantitative estimate of drug-likeness (QED) is 0.800. The fourth-order valence-electron chi connectivity index (χ4n) is 2.08. The average molecular weight is 278 g/mol. The van der Waals surface area contributed by atoms with Crippen LogP contribution < -0.4 is 0 Å². The molecule has 4 nitrogen and oxygen atoms in total. The molecular weight excluding hydrogens is 267 g/mol. The van der Waals surface area contributed by atoms with E-state index < -0.39 is 5.82 Å². The predicted molar refractivity (Wildman–Crippen MR) is 75.7 cm³/mol. The molecule has 0 amide bonds. The van der Waals surface area contributed by atoms with Gasteiger partial charge in [-0.25, -0.2) is 9.37 Å². The van der Waals surface area contributed by atoms with E-state index in [9.17, 15) is 4.39 Å². The van der Waals surface area contributed by atoms with Gasteiger partial charge in [0.25, 0.3) is 0 Å². The van der Waals surface area contributed by atoms with E-state index in [2.05, 4.69) is 15.2 Å². The van der Waals surface area contributed by atoms with Crippen molar-refractivity contribution >= 4 is 0 Å². The average Bonchev–Trinajstić information content (AvgIpc) is 2.96. The number of nitriles is 1.